The van der Waals surface area contributed by atoms with E-state index in [2.05, 4.69) is 20.0 Å². The third-order valence-electron chi connectivity index (χ3n) is 1.83. The maximum Gasteiger partial charge on any atom is 0.439 e. The predicted octanol–water partition coefficient (Wildman–Crippen LogP) is 1.12. The Morgan fingerprint density at radius 3 is 2.94 bits per heavy atom. The average molecular weight is 221 g/mol. The molecule has 16 heavy (non-hydrogen) atoms. The van der Waals surface area contributed by atoms with Crippen molar-refractivity contribution >= 4 is 11.8 Å². The van der Waals surface area contributed by atoms with Crippen molar-refractivity contribution in [2.24, 2.45) is 0 Å². The van der Waals surface area contributed by atoms with E-state index in [1.807, 2.05) is 0 Å². The smallest absolute Gasteiger partial charge is 0.439 e. The summed E-state index contributed by atoms with van der Waals surface area (Å²) in [6.45, 7) is 0. The first-order valence-corrected chi connectivity index (χ1v) is 4.31. The Hall–Kier alpha value is -2.57. The molecule has 0 bridgehead atoms. The molecule has 0 saturated heterocycles. The summed E-state index contributed by atoms with van der Waals surface area (Å²) in [6, 6.07) is 6.41. The number of hydrogen-bond acceptors (Lipinski definition) is 4. The number of nitrogens with zero attached hydrogens (tertiary/aromatic N) is 1. The van der Waals surface area contributed by atoms with Gasteiger partial charge >= 0.3 is 11.8 Å². The molecule has 0 saturated carbocycles. The monoisotopic (exact) mass is 221 g/mol. The summed E-state index contributed by atoms with van der Waals surface area (Å²) in [6.07, 6.45) is -1.16. The molecule has 1 heterocycles. The molecule has 0 aliphatic rings. The second-order valence-electron chi connectivity index (χ2n) is 2.95. The fourth-order valence-electron chi connectivity index (χ4n) is 1.22. The number of benzene rings is 1. The molecule has 0 aliphatic carbocycles. The Balaban J connectivity index is 2.35. The molecule has 7 nitrogen and oxygen atoms in total. The molecule has 0 unspecified atom stereocenters. The quantitative estimate of drug-likeness (QED) is 0.704. The van der Waals surface area contributed by atoms with E-state index in [0.717, 1.165) is 0 Å². The zero-order chi connectivity index (χ0) is 11.5. The number of amides is 1. The molecule has 2 aromatic rings. The molecule has 0 atom stereocenters. The number of nitrogens with one attached hydrogen (secondary N) is 2. The number of anilines is 1. The lowest BCUT2D eigenvalue weighted by Gasteiger charge is -2.01. The molecule has 3 N–H and O–H groups in total. The van der Waals surface area contributed by atoms with Crippen LogP contribution in [-0.2, 0) is 0 Å². The van der Waals surface area contributed by atoms with Gasteiger partial charge in [-0.2, -0.15) is 0 Å². The minimum absolute atomic E-state index is 0.249. The molecule has 82 valence electrons. The Bertz CT molecular complexity index is 572. The Morgan fingerprint density at radius 1 is 1.50 bits per heavy atom. The predicted molar refractivity (Wildman–Crippen MR) is 54.2 cm³/mol. The van der Waals surface area contributed by atoms with Crippen LogP contribution in [0.2, 0.25) is 0 Å². The van der Waals surface area contributed by atoms with E-state index in [9.17, 15) is 9.59 Å². The summed E-state index contributed by atoms with van der Waals surface area (Å²) in [5.74, 6) is -0.411. The van der Waals surface area contributed by atoms with Crippen molar-refractivity contribution in [3.63, 3.8) is 0 Å². The fraction of sp³-hybridized carbons (Fsp3) is 0. The third kappa shape index (κ3) is 2.08. The first kappa shape index (κ1) is 9.97. The Kier molecular flexibility index (Phi) is 2.42. The fourth-order valence-corrected chi connectivity index (χ4v) is 1.22. The summed E-state index contributed by atoms with van der Waals surface area (Å²) in [4.78, 5) is 23.5. The van der Waals surface area contributed by atoms with Gasteiger partial charge in [-0.1, -0.05) is 17.3 Å². The minimum atomic E-state index is -1.16. The molecule has 0 fully saturated rings. The van der Waals surface area contributed by atoms with Crippen molar-refractivity contribution in [1.29, 1.82) is 0 Å². The molecule has 0 radical (unpaired) electrons. The Morgan fingerprint density at radius 2 is 2.31 bits per heavy atom. The van der Waals surface area contributed by atoms with Gasteiger partial charge in [0.2, 0.25) is 0 Å². The Labute approximate surface area is 88.7 Å². The van der Waals surface area contributed by atoms with Crippen molar-refractivity contribution < 1.29 is 14.4 Å². The number of aromatic amines is 1. The number of rotatable bonds is 2. The zero-order valence-electron chi connectivity index (χ0n) is 7.93. The van der Waals surface area contributed by atoms with Gasteiger partial charge in [0.05, 0.1) is 0 Å². The van der Waals surface area contributed by atoms with Crippen LogP contribution in [0, 0.1) is 0 Å². The maximum absolute atomic E-state index is 10.7. The van der Waals surface area contributed by atoms with Crippen LogP contribution in [0.25, 0.3) is 11.4 Å². The molecule has 1 aromatic heterocycles. The van der Waals surface area contributed by atoms with E-state index in [0.29, 0.717) is 11.3 Å². The lowest BCUT2D eigenvalue weighted by atomic mass is 10.2. The van der Waals surface area contributed by atoms with E-state index in [1.54, 1.807) is 18.2 Å². The lowest BCUT2D eigenvalue weighted by molar-refractivity contribution is 0.210. The second-order valence-corrected chi connectivity index (χ2v) is 2.95. The van der Waals surface area contributed by atoms with Crippen molar-refractivity contribution in [3.05, 3.63) is 34.8 Å². The number of aromatic nitrogens is 2. The van der Waals surface area contributed by atoms with Gasteiger partial charge in [-0.15, -0.1) is 0 Å². The van der Waals surface area contributed by atoms with Crippen LogP contribution in [0.5, 0.6) is 0 Å². The molecular weight excluding hydrogens is 214 g/mol. The van der Waals surface area contributed by atoms with Crippen molar-refractivity contribution in [3.8, 4) is 11.4 Å². The van der Waals surface area contributed by atoms with Gasteiger partial charge in [0.15, 0.2) is 5.82 Å². The van der Waals surface area contributed by atoms with E-state index < -0.39 is 11.8 Å². The van der Waals surface area contributed by atoms with Gasteiger partial charge in [-0.3, -0.25) is 14.8 Å². The molecule has 1 amide bonds. The van der Waals surface area contributed by atoms with E-state index in [-0.39, 0.29) is 5.82 Å². The SMILES string of the molecule is O=C(O)Nc1cccc(-c2noc(=O)[nH]2)c1. The summed E-state index contributed by atoms with van der Waals surface area (Å²) < 4.78 is 4.34. The summed E-state index contributed by atoms with van der Waals surface area (Å²) >= 11 is 0. The normalized spacial score (nSPS) is 10.0. The number of carbonyl (C=O) groups is 1. The van der Waals surface area contributed by atoms with Gasteiger partial charge in [0, 0.05) is 11.3 Å². The van der Waals surface area contributed by atoms with Gasteiger partial charge in [0.25, 0.3) is 0 Å². The van der Waals surface area contributed by atoms with Gasteiger partial charge in [-0.05, 0) is 12.1 Å². The molecule has 0 spiro atoms. The highest BCUT2D eigenvalue weighted by molar-refractivity contribution is 5.83. The number of H-pyrrole nitrogens is 1. The van der Waals surface area contributed by atoms with Gasteiger partial charge in [0.1, 0.15) is 0 Å². The maximum atomic E-state index is 10.7. The van der Waals surface area contributed by atoms with Gasteiger partial charge < -0.3 is 5.11 Å². The molecule has 2 rings (SSSR count). The first-order chi connectivity index (χ1) is 7.65. The lowest BCUT2D eigenvalue weighted by Crippen LogP contribution is -2.07. The van der Waals surface area contributed by atoms with Crippen molar-refractivity contribution in [2.45, 2.75) is 0 Å². The van der Waals surface area contributed by atoms with Crippen LogP contribution in [0.4, 0.5) is 10.5 Å². The van der Waals surface area contributed by atoms with Crippen LogP contribution < -0.4 is 11.1 Å². The topological polar surface area (TPSA) is 108 Å². The number of hydrogen-bond donors (Lipinski definition) is 3. The van der Waals surface area contributed by atoms with E-state index in [1.165, 1.54) is 6.07 Å². The largest absolute Gasteiger partial charge is 0.465 e. The highest BCUT2D eigenvalue weighted by Gasteiger charge is 2.05. The van der Waals surface area contributed by atoms with Crippen LogP contribution in [0.3, 0.4) is 0 Å². The molecule has 0 aliphatic heterocycles. The standard InChI is InChI=1S/C9H7N3O4/c13-8(14)10-6-3-1-2-5(4-6)7-11-9(15)16-12-7/h1-4,10H,(H,13,14)(H,11,12,15). The minimum Gasteiger partial charge on any atom is -0.465 e. The van der Waals surface area contributed by atoms with Crippen LogP contribution in [-0.4, -0.2) is 21.3 Å². The highest BCUT2D eigenvalue weighted by Crippen LogP contribution is 2.18. The molecular formula is C9H7N3O4. The van der Waals surface area contributed by atoms with Crippen molar-refractivity contribution in [2.75, 3.05) is 5.32 Å². The van der Waals surface area contributed by atoms with Crippen LogP contribution >= 0.6 is 0 Å². The molecule has 1 aromatic carbocycles. The van der Waals surface area contributed by atoms with Crippen LogP contribution in [0.15, 0.2) is 33.6 Å². The summed E-state index contributed by atoms with van der Waals surface area (Å²) in [7, 11) is 0. The van der Waals surface area contributed by atoms with Crippen molar-refractivity contribution in [1.82, 2.24) is 10.1 Å². The van der Waals surface area contributed by atoms with Crippen LogP contribution in [0.1, 0.15) is 0 Å². The molecule has 7 heteroatoms. The third-order valence-corrected chi connectivity index (χ3v) is 1.83. The summed E-state index contributed by atoms with van der Waals surface area (Å²) in [5, 5.41) is 14.2. The average Bonchev–Trinajstić information content (AvgIpc) is 2.64. The summed E-state index contributed by atoms with van der Waals surface area (Å²) in [5.41, 5.74) is 0.936. The first-order valence-electron chi connectivity index (χ1n) is 4.31. The number of carboxylic acid groups (broad SMARTS) is 1. The van der Waals surface area contributed by atoms with E-state index >= 15 is 0 Å². The van der Waals surface area contributed by atoms with E-state index in [4.69, 9.17) is 5.11 Å². The zero-order valence-corrected chi connectivity index (χ0v) is 7.93. The van der Waals surface area contributed by atoms with Gasteiger partial charge in [-0.25, -0.2) is 9.59 Å². The second kappa shape index (κ2) is 3.89. The highest BCUT2D eigenvalue weighted by atomic mass is 16.5.